The Morgan fingerprint density at radius 1 is 1.78 bits per heavy atom. The first-order chi connectivity index (χ1) is 3.83. The monoisotopic (exact) mass is 120 g/mol. The zero-order valence-corrected chi connectivity index (χ0v) is 5.59. The molecule has 0 aromatic heterocycles. The second-order valence-electron chi connectivity index (χ2n) is 2.01. The minimum absolute atomic E-state index is 0. The Balaban J connectivity index is 0. The van der Waals surface area contributed by atoms with Crippen LogP contribution in [0.25, 0.3) is 0 Å². The molecule has 0 N–H and O–H groups in total. The average molecular weight is 120 g/mol. The van der Waals surface area contributed by atoms with Gasteiger partial charge in [-0.1, -0.05) is 12.2 Å². The summed E-state index contributed by atoms with van der Waals surface area (Å²) in [7, 11) is 0. The molecule has 1 fully saturated rings. The molecule has 2 nitrogen and oxygen atoms in total. The van der Waals surface area contributed by atoms with Crippen molar-refractivity contribution < 1.29 is 29.8 Å². The number of hydrogen-bond acceptors (Lipinski definition) is 2. The van der Waals surface area contributed by atoms with Crippen LogP contribution in [0.15, 0.2) is 12.2 Å². The van der Waals surface area contributed by atoms with Crippen LogP contribution in [-0.4, -0.2) is 12.6 Å². The van der Waals surface area contributed by atoms with Gasteiger partial charge in [-0.2, -0.15) is 0 Å². The SMILES string of the molecule is C=C1CC(OC=O)C1.[H-].[Li+]. The van der Waals surface area contributed by atoms with Gasteiger partial charge in [0, 0.05) is 12.8 Å². The first kappa shape index (κ1) is 8.81. The molecule has 0 bridgehead atoms. The Morgan fingerprint density at radius 3 is 2.67 bits per heavy atom. The van der Waals surface area contributed by atoms with Gasteiger partial charge >= 0.3 is 18.9 Å². The normalized spacial score (nSPS) is 17.6. The van der Waals surface area contributed by atoms with Gasteiger partial charge in [0.25, 0.3) is 6.47 Å². The van der Waals surface area contributed by atoms with Crippen molar-refractivity contribution in [2.24, 2.45) is 0 Å². The summed E-state index contributed by atoms with van der Waals surface area (Å²) in [5, 5.41) is 0. The van der Waals surface area contributed by atoms with Crippen molar-refractivity contribution in [2.75, 3.05) is 0 Å². The third-order valence-electron chi connectivity index (χ3n) is 1.28. The second-order valence-corrected chi connectivity index (χ2v) is 2.01. The van der Waals surface area contributed by atoms with E-state index in [-0.39, 0.29) is 26.4 Å². The summed E-state index contributed by atoms with van der Waals surface area (Å²) in [6.45, 7) is 4.19. The third kappa shape index (κ3) is 2.25. The van der Waals surface area contributed by atoms with Crippen molar-refractivity contribution in [3.8, 4) is 0 Å². The molecule has 1 saturated carbocycles. The Labute approximate surface area is 67.9 Å². The fourth-order valence-corrected chi connectivity index (χ4v) is 0.759. The van der Waals surface area contributed by atoms with Crippen LogP contribution in [0.3, 0.4) is 0 Å². The van der Waals surface area contributed by atoms with Gasteiger partial charge in [-0.25, -0.2) is 0 Å². The van der Waals surface area contributed by atoms with E-state index in [1.807, 2.05) is 0 Å². The third-order valence-corrected chi connectivity index (χ3v) is 1.28. The first-order valence-corrected chi connectivity index (χ1v) is 2.58. The van der Waals surface area contributed by atoms with E-state index in [0.717, 1.165) is 12.8 Å². The fraction of sp³-hybridized carbons (Fsp3) is 0.500. The fourth-order valence-electron chi connectivity index (χ4n) is 0.759. The minimum atomic E-state index is 0. The van der Waals surface area contributed by atoms with Crippen molar-refractivity contribution in [1.29, 1.82) is 0 Å². The van der Waals surface area contributed by atoms with Gasteiger partial charge in [0.05, 0.1) is 0 Å². The summed E-state index contributed by atoms with van der Waals surface area (Å²) in [6.07, 6.45) is 1.86. The van der Waals surface area contributed by atoms with Crippen LogP contribution in [0.1, 0.15) is 14.3 Å². The van der Waals surface area contributed by atoms with Crippen LogP contribution in [0.2, 0.25) is 0 Å². The second kappa shape index (κ2) is 3.76. The van der Waals surface area contributed by atoms with Gasteiger partial charge in [0.2, 0.25) is 0 Å². The molecule has 0 spiro atoms. The van der Waals surface area contributed by atoms with E-state index in [1.54, 1.807) is 0 Å². The molecule has 0 aromatic rings. The molecule has 0 heterocycles. The molecular formula is C6H9LiO2. The van der Waals surface area contributed by atoms with Crippen molar-refractivity contribution in [2.45, 2.75) is 18.9 Å². The molecule has 0 unspecified atom stereocenters. The summed E-state index contributed by atoms with van der Waals surface area (Å²) < 4.78 is 4.61. The molecule has 1 rings (SSSR count). The largest absolute Gasteiger partial charge is 1.00 e. The van der Waals surface area contributed by atoms with E-state index in [1.165, 1.54) is 5.57 Å². The van der Waals surface area contributed by atoms with Crippen LogP contribution in [0.5, 0.6) is 0 Å². The maximum atomic E-state index is 9.66. The Hall–Kier alpha value is -0.193. The molecular weight excluding hydrogens is 111 g/mol. The van der Waals surface area contributed by atoms with Crippen LogP contribution in [0, 0.1) is 0 Å². The van der Waals surface area contributed by atoms with Gasteiger partial charge in [-0.3, -0.25) is 4.79 Å². The number of carbonyl (C=O) groups is 1. The maximum Gasteiger partial charge on any atom is 1.00 e. The van der Waals surface area contributed by atoms with E-state index in [2.05, 4.69) is 11.3 Å². The molecule has 0 amide bonds. The molecule has 0 saturated heterocycles. The maximum absolute atomic E-state index is 9.66. The Kier molecular flexibility index (Phi) is 3.68. The topological polar surface area (TPSA) is 26.3 Å². The number of carbonyl (C=O) groups excluding carboxylic acids is 1. The molecule has 3 heteroatoms. The van der Waals surface area contributed by atoms with Crippen molar-refractivity contribution in [3.05, 3.63) is 12.2 Å². The first-order valence-electron chi connectivity index (χ1n) is 2.58. The molecule has 0 radical (unpaired) electrons. The molecule has 0 aliphatic heterocycles. The molecule has 0 atom stereocenters. The van der Waals surface area contributed by atoms with Gasteiger partial charge in [-0.15, -0.1) is 0 Å². The number of ether oxygens (including phenoxy) is 1. The van der Waals surface area contributed by atoms with Crippen molar-refractivity contribution in [3.63, 3.8) is 0 Å². The van der Waals surface area contributed by atoms with Crippen LogP contribution >= 0.6 is 0 Å². The zero-order valence-electron chi connectivity index (χ0n) is 6.59. The predicted molar refractivity (Wildman–Crippen MR) is 30.4 cm³/mol. The van der Waals surface area contributed by atoms with Crippen LogP contribution in [0.4, 0.5) is 0 Å². The molecule has 46 valence electrons. The molecule has 1 aliphatic rings. The zero-order chi connectivity index (χ0) is 5.98. The smallest absolute Gasteiger partial charge is 1.00 e. The van der Waals surface area contributed by atoms with Gasteiger partial charge in [-0.05, 0) is 0 Å². The van der Waals surface area contributed by atoms with E-state index in [4.69, 9.17) is 0 Å². The molecule has 0 aromatic carbocycles. The van der Waals surface area contributed by atoms with E-state index < -0.39 is 0 Å². The van der Waals surface area contributed by atoms with Gasteiger partial charge in [0.1, 0.15) is 6.10 Å². The van der Waals surface area contributed by atoms with Crippen molar-refractivity contribution >= 4 is 6.47 Å². The van der Waals surface area contributed by atoms with Gasteiger partial charge < -0.3 is 6.16 Å². The average Bonchev–Trinajstić information content (AvgIpc) is 1.64. The van der Waals surface area contributed by atoms with Crippen LogP contribution < -0.4 is 18.9 Å². The van der Waals surface area contributed by atoms with Gasteiger partial charge in [0.15, 0.2) is 0 Å². The molecule has 9 heavy (non-hydrogen) atoms. The van der Waals surface area contributed by atoms with E-state index >= 15 is 0 Å². The summed E-state index contributed by atoms with van der Waals surface area (Å²) >= 11 is 0. The summed E-state index contributed by atoms with van der Waals surface area (Å²) in [5.41, 5.74) is 1.18. The quantitative estimate of drug-likeness (QED) is 0.239. The standard InChI is InChI=1S/C6H8O2.Li.H/c1-5-2-6(3-5)8-4-7;;/h4,6H,1-3H2;;/q;+1;-1. The Morgan fingerprint density at radius 2 is 2.33 bits per heavy atom. The van der Waals surface area contributed by atoms with Crippen molar-refractivity contribution in [1.82, 2.24) is 0 Å². The van der Waals surface area contributed by atoms with E-state index in [0.29, 0.717) is 6.47 Å². The minimum Gasteiger partial charge on any atom is -1.00 e. The van der Waals surface area contributed by atoms with Crippen LogP contribution in [-0.2, 0) is 9.53 Å². The molecule has 1 aliphatic carbocycles. The summed E-state index contributed by atoms with van der Waals surface area (Å²) in [6, 6.07) is 0. The number of hydrogen-bond donors (Lipinski definition) is 0. The van der Waals surface area contributed by atoms with E-state index in [9.17, 15) is 4.79 Å². The Bertz CT molecular complexity index is 116. The number of rotatable bonds is 2. The predicted octanol–water partition coefficient (Wildman–Crippen LogP) is -2.01. The summed E-state index contributed by atoms with van der Waals surface area (Å²) in [4.78, 5) is 9.66. The summed E-state index contributed by atoms with van der Waals surface area (Å²) in [5.74, 6) is 0.